The SMILES string of the molecule is Cc1csc(SCc2cc(=O)c(OC(=O)c3cccc(Cl)c3)co2)n1. The van der Waals surface area contributed by atoms with Crippen molar-refractivity contribution in [2.75, 3.05) is 0 Å². The van der Waals surface area contributed by atoms with Crippen molar-refractivity contribution in [2.24, 2.45) is 0 Å². The summed E-state index contributed by atoms with van der Waals surface area (Å²) in [6.45, 7) is 1.92. The van der Waals surface area contributed by atoms with Gasteiger partial charge in [-0.25, -0.2) is 9.78 Å². The number of thiazole rings is 1. The Kier molecular flexibility index (Phi) is 5.57. The molecule has 0 aliphatic rings. The summed E-state index contributed by atoms with van der Waals surface area (Å²) < 4.78 is 11.4. The van der Waals surface area contributed by atoms with E-state index in [1.165, 1.54) is 35.2 Å². The van der Waals surface area contributed by atoms with E-state index in [2.05, 4.69) is 4.98 Å². The van der Waals surface area contributed by atoms with E-state index in [1.807, 2.05) is 12.3 Å². The number of hydrogen-bond donors (Lipinski definition) is 0. The first-order valence-corrected chi connectivity index (χ1v) is 9.40. The Morgan fingerprint density at radius 3 is 2.92 bits per heavy atom. The molecule has 0 aliphatic heterocycles. The first kappa shape index (κ1) is 17.7. The number of halogens is 1. The minimum absolute atomic E-state index is 0.163. The molecule has 0 unspecified atom stereocenters. The summed E-state index contributed by atoms with van der Waals surface area (Å²) in [6.07, 6.45) is 1.15. The van der Waals surface area contributed by atoms with Crippen LogP contribution in [0.3, 0.4) is 0 Å². The maximum atomic E-state index is 12.1. The first-order valence-electron chi connectivity index (χ1n) is 7.15. The van der Waals surface area contributed by atoms with Gasteiger partial charge in [-0.15, -0.1) is 11.3 Å². The van der Waals surface area contributed by atoms with Crippen LogP contribution in [0.4, 0.5) is 0 Å². The highest BCUT2D eigenvalue weighted by molar-refractivity contribution is 8.00. The lowest BCUT2D eigenvalue weighted by Gasteiger charge is -2.04. The van der Waals surface area contributed by atoms with Crippen molar-refractivity contribution in [3.05, 3.63) is 74.2 Å². The summed E-state index contributed by atoms with van der Waals surface area (Å²) in [5.41, 5.74) is 0.787. The van der Waals surface area contributed by atoms with Crippen molar-refractivity contribution in [3.8, 4) is 5.75 Å². The Morgan fingerprint density at radius 2 is 2.24 bits per heavy atom. The van der Waals surface area contributed by atoms with Gasteiger partial charge in [0.25, 0.3) is 0 Å². The third-order valence-electron chi connectivity index (χ3n) is 3.05. The van der Waals surface area contributed by atoms with Gasteiger partial charge in [0.15, 0.2) is 4.34 Å². The van der Waals surface area contributed by atoms with Gasteiger partial charge in [-0.1, -0.05) is 29.4 Å². The minimum Gasteiger partial charge on any atom is -0.464 e. The largest absolute Gasteiger partial charge is 0.464 e. The van der Waals surface area contributed by atoms with Gasteiger partial charge in [-0.3, -0.25) is 4.79 Å². The second-order valence-electron chi connectivity index (χ2n) is 5.02. The number of nitrogens with zero attached hydrogens (tertiary/aromatic N) is 1. The van der Waals surface area contributed by atoms with Crippen LogP contribution in [0.5, 0.6) is 5.75 Å². The van der Waals surface area contributed by atoms with Crippen LogP contribution in [-0.4, -0.2) is 11.0 Å². The quantitative estimate of drug-likeness (QED) is 0.467. The summed E-state index contributed by atoms with van der Waals surface area (Å²) in [7, 11) is 0. The van der Waals surface area contributed by atoms with Gasteiger partial charge in [-0.05, 0) is 25.1 Å². The number of esters is 1. The molecule has 0 spiro atoms. The van der Waals surface area contributed by atoms with Crippen molar-refractivity contribution in [2.45, 2.75) is 17.0 Å². The monoisotopic (exact) mass is 393 g/mol. The topological polar surface area (TPSA) is 69.4 Å². The van der Waals surface area contributed by atoms with Crippen LogP contribution >= 0.6 is 34.7 Å². The van der Waals surface area contributed by atoms with E-state index >= 15 is 0 Å². The first-order chi connectivity index (χ1) is 12.0. The number of carbonyl (C=O) groups excluding carboxylic acids is 1. The molecule has 0 aliphatic carbocycles. The Bertz CT molecular complexity index is 967. The van der Waals surface area contributed by atoms with Gasteiger partial charge in [0.1, 0.15) is 12.0 Å². The fourth-order valence-electron chi connectivity index (χ4n) is 1.89. The van der Waals surface area contributed by atoms with E-state index < -0.39 is 11.4 Å². The van der Waals surface area contributed by atoms with Gasteiger partial charge in [0.05, 0.1) is 11.3 Å². The van der Waals surface area contributed by atoms with Gasteiger partial charge in [0, 0.05) is 22.2 Å². The second-order valence-corrected chi connectivity index (χ2v) is 7.54. The van der Waals surface area contributed by atoms with E-state index in [9.17, 15) is 9.59 Å². The zero-order chi connectivity index (χ0) is 17.8. The van der Waals surface area contributed by atoms with E-state index in [1.54, 1.807) is 18.2 Å². The highest BCUT2D eigenvalue weighted by Crippen LogP contribution is 2.26. The lowest BCUT2D eigenvalue weighted by Crippen LogP contribution is -2.14. The van der Waals surface area contributed by atoms with Gasteiger partial charge >= 0.3 is 5.97 Å². The van der Waals surface area contributed by atoms with Gasteiger partial charge in [-0.2, -0.15) is 0 Å². The summed E-state index contributed by atoms with van der Waals surface area (Å²) in [5.74, 6) is 0.106. The summed E-state index contributed by atoms with van der Waals surface area (Å²) in [5, 5.41) is 2.36. The van der Waals surface area contributed by atoms with Crippen LogP contribution in [-0.2, 0) is 5.75 Å². The van der Waals surface area contributed by atoms with Crippen LogP contribution in [0.1, 0.15) is 21.8 Å². The molecule has 0 bridgehead atoms. The van der Waals surface area contributed by atoms with Crippen molar-refractivity contribution >= 4 is 40.7 Å². The highest BCUT2D eigenvalue weighted by Gasteiger charge is 2.13. The molecule has 0 saturated carbocycles. The van der Waals surface area contributed by atoms with Crippen LogP contribution in [0.25, 0.3) is 0 Å². The van der Waals surface area contributed by atoms with E-state index in [0.29, 0.717) is 16.5 Å². The number of carbonyl (C=O) groups is 1. The molecule has 25 heavy (non-hydrogen) atoms. The van der Waals surface area contributed by atoms with Gasteiger partial charge < -0.3 is 9.15 Å². The molecule has 0 amide bonds. The molecule has 2 heterocycles. The second kappa shape index (κ2) is 7.86. The molecular formula is C17H12ClNO4S2. The maximum Gasteiger partial charge on any atom is 0.343 e. The van der Waals surface area contributed by atoms with Crippen molar-refractivity contribution < 1.29 is 13.9 Å². The van der Waals surface area contributed by atoms with Crippen LogP contribution < -0.4 is 10.2 Å². The molecule has 3 rings (SSSR count). The van der Waals surface area contributed by atoms with Crippen LogP contribution in [0, 0.1) is 6.92 Å². The Labute approximate surface area is 156 Å². The number of hydrogen-bond acceptors (Lipinski definition) is 7. The number of ether oxygens (including phenoxy) is 1. The predicted octanol–water partition coefficient (Wildman–Crippen LogP) is 4.57. The molecule has 3 aromatic rings. The molecule has 0 fully saturated rings. The third kappa shape index (κ3) is 4.72. The molecule has 5 nitrogen and oxygen atoms in total. The van der Waals surface area contributed by atoms with Gasteiger partial charge in [0.2, 0.25) is 11.2 Å². The Morgan fingerprint density at radius 1 is 1.40 bits per heavy atom. The minimum atomic E-state index is -0.671. The molecule has 1 aromatic carbocycles. The average molecular weight is 394 g/mol. The molecule has 8 heteroatoms. The maximum absolute atomic E-state index is 12.1. The number of thioether (sulfide) groups is 1. The molecule has 0 atom stereocenters. The highest BCUT2D eigenvalue weighted by atomic mass is 35.5. The van der Waals surface area contributed by atoms with Crippen LogP contribution in [0.2, 0.25) is 5.02 Å². The summed E-state index contributed by atoms with van der Waals surface area (Å²) in [4.78, 5) is 28.5. The van der Waals surface area contributed by atoms with Crippen LogP contribution in [0.15, 0.2) is 55.5 Å². The number of rotatable bonds is 5. The van der Waals surface area contributed by atoms with E-state index in [-0.39, 0.29) is 11.3 Å². The van der Waals surface area contributed by atoms with E-state index in [0.717, 1.165) is 16.3 Å². The Hall–Kier alpha value is -2.09. The van der Waals surface area contributed by atoms with Crippen molar-refractivity contribution in [1.29, 1.82) is 0 Å². The molecule has 0 radical (unpaired) electrons. The Balaban J connectivity index is 1.67. The zero-order valence-corrected chi connectivity index (χ0v) is 15.4. The summed E-state index contributed by atoms with van der Waals surface area (Å²) in [6, 6.07) is 7.60. The zero-order valence-electron chi connectivity index (χ0n) is 13.0. The smallest absolute Gasteiger partial charge is 0.343 e. The normalized spacial score (nSPS) is 10.6. The standard InChI is InChI=1S/C17H12ClNO4S2/c1-10-8-24-17(19-10)25-9-13-6-14(20)15(7-22-13)23-16(21)11-3-2-4-12(18)5-11/h2-8H,9H2,1H3. The lowest BCUT2D eigenvalue weighted by molar-refractivity contribution is 0.0729. The van der Waals surface area contributed by atoms with Crippen molar-refractivity contribution in [3.63, 3.8) is 0 Å². The lowest BCUT2D eigenvalue weighted by atomic mass is 10.2. The fourth-order valence-corrected chi connectivity index (χ4v) is 3.82. The predicted molar refractivity (Wildman–Crippen MR) is 97.8 cm³/mol. The third-order valence-corrected chi connectivity index (χ3v) is 5.45. The molecule has 128 valence electrons. The number of aromatic nitrogens is 1. The average Bonchev–Trinajstić information content (AvgIpc) is 3.00. The molecule has 0 N–H and O–H groups in total. The molecule has 0 saturated heterocycles. The molecular weight excluding hydrogens is 382 g/mol. The fraction of sp³-hybridized carbons (Fsp3) is 0.118. The van der Waals surface area contributed by atoms with E-state index in [4.69, 9.17) is 20.8 Å². The molecule has 2 aromatic heterocycles. The van der Waals surface area contributed by atoms with Crippen molar-refractivity contribution in [1.82, 2.24) is 4.98 Å². The number of aryl methyl sites for hydroxylation is 1. The summed E-state index contributed by atoms with van der Waals surface area (Å²) >= 11 is 8.85. The number of benzene rings is 1.